The topological polar surface area (TPSA) is 125 Å². The number of benzene rings is 2. The third-order valence-electron chi connectivity index (χ3n) is 9.55. The molecule has 47 heavy (non-hydrogen) atoms. The Morgan fingerprint density at radius 3 is 2.55 bits per heavy atom. The van der Waals surface area contributed by atoms with Gasteiger partial charge in [-0.2, -0.15) is 0 Å². The van der Waals surface area contributed by atoms with Gasteiger partial charge in [-0.05, 0) is 43.4 Å². The molecule has 7 atom stereocenters. The summed E-state index contributed by atoms with van der Waals surface area (Å²) < 4.78 is 12.1. The van der Waals surface area contributed by atoms with Gasteiger partial charge in [-0.3, -0.25) is 19.2 Å². The van der Waals surface area contributed by atoms with E-state index in [2.05, 4.69) is 18.5 Å². The van der Waals surface area contributed by atoms with Crippen molar-refractivity contribution in [3.05, 3.63) is 90.5 Å². The zero-order chi connectivity index (χ0) is 33.7. The fourth-order valence-electron chi connectivity index (χ4n) is 7.37. The molecule has 250 valence electrons. The second kappa shape index (κ2) is 14.8. The second-order valence-electron chi connectivity index (χ2n) is 12.2. The molecule has 0 aliphatic carbocycles. The van der Waals surface area contributed by atoms with Crippen LogP contribution < -0.4 is 10.2 Å². The van der Waals surface area contributed by atoms with E-state index in [-0.39, 0.29) is 26.2 Å². The lowest BCUT2D eigenvalue weighted by Gasteiger charge is -2.39. The van der Waals surface area contributed by atoms with Crippen molar-refractivity contribution in [1.82, 2.24) is 10.2 Å². The van der Waals surface area contributed by atoms with Crippen LogP contribution in [-0.2, 0) is 28.7 Å². The van der Waals surface area contributed by atoms with Gasteiger partial charge in [-0.1, -0.05) is 73.1 Å². The van der Waals surface area contributed by atoms with E-state index in [4.69, 9.17) is 21.1 Å². The number of fused-ring (bicyclic) bond motifs is 1. The molecule has 3 fully saturated rings. The van der Waals surface area contributed by atoms with Gasteiger partial charge < -0.3 is 29.7 Å². The minimum absolute atomic E-state index is 0.0995. The summed E-state index contributed by atoms with van der Waals surface area (Å²) in [5, 5.41) is 13.8. The number of amides is 3. The van der Waals surface area contributed by atoms with Gasteiger partial charge in [0.2, 0.25) is 11.8 Å². The first-order valence-electron chi connectivity index (χ1n) is 16.1. The number of aliphatic hydroxyl groups is 1. The van der Waals surface area contributed by atoms with Gasteiger partial charge in [0.1, 0.15) is 18.2 Å². The summed E-state index contributed by atoms with van der Waals surface area (Å²) in [6.45, 7) is 8.95. The zero-order valence-electron chi connectivity index (χ0n) is 26.6. The summed E-state index contributed by atoms with van der Waals surface area (Å²) in [6.07, 6.45) is 4.49. The molecule has 3 aliphatic heterocycles. The molecule has 0 radical (unpaired) electrons. The summed E-state index contributed by atoms with van der Waals surface area (Å²) in [4.78, 5) is 58.6. The number of halogens is 1. The Bertz CT molecular complexity index is 1500. The molecule has 3 saturated heterocycles. The van der Waals surface area contributed by atoms with Crippen LogP contribution in [0.1, 0.15) is 50.6 Å². The molecule has 3 aliphatic rings. The number of allylic oxidation sites excluding steroid dienone is 1. The van der Waals surface area contributed by atoms with E-state index in [0.717, 1.165) is 5.56 Å². The fraction of sp³-hybridized carbons (Fsp3) is 0.444. The first-order valence-corrected chi connectivity index (χ1v) is 16.5. The second-order valence-corrected chi connectivity index (χ2v) is 12.6. The maximum atomic E-state index is 14.7. The normalized spacial score (nSPS) is 25.5. The predicted octanol–water partition coefficient (Wildman–Crippen LogP) is 4.37. The summed E-state index contributed by atoms with van der Waals surface area (Å²) in [6, 6.07) is 13.6. The van der Waals surface area contributed by atoms with Crippen molar-refractivity contribution in [2.24, 2.45) is 11.8 Å². The molecule has 0 saturated carbocycles. The van der Waals surface area contributed by atoms with E-state index < -0.39 is 65.4 Å². The van der Waals surface area contributed by atoms with E-state index in [1.54, 1.807) is 36.4 Å². The molecule has 2 aromatic carbocycles. The smallest absolute Gasteiger partial charge is 0.306 e. The lowest BCUT2D eigenvalue weighted by Crippen LogP contribution is -2.59. The van der Waals surface area contributed by atoms with Crippen LogP contribution in [0, 0.1) is 11.8 Å². The Labute approximate surface area is 280 Å². The lowest BCUT2D eigenvalue weighted by molar-refractivity contribution is -0.146. The minimum atomic E-state index is -1.29. The summed E-state index contributed by atoms with van der Waals surface area (Å²) >= 11 is 6.54. The van der Waals surface area contributed by atoms with Gasteiger partial charge in [-0.25, -0.2) is 0 Å². The maximum Gasteiger partial charge on any atom is 0.306 e. The predicted molar refractivity (Wildman–Crippen MR) is 177 cm³/mol. The van der Waals surface area contributed by atoms with Gasteiger partial charge in [0.15, 0.2) is 0 Å². The minimum Gasteiger partial charge on any atom is -0.463 e. The number of carbonyl (C=O) groups is 4. The largest absolute Gasteiger partial charge is 0.463 e. The maximum absolute atomic E-state index is 14.7. The van der Waals surface area contributed by atoms with Gasteiger partial charge in [0.05, 0.1) is 47.3 Å². The number of anilines is 1. The summed E-state index contributed by atoms with van der Waals surface area (Å²) in [7, 11) is 0. The molecule has 11 heteroatoms. The number of nitrogens with zero attached hydrogens (tertiary/aromatic N) is 2. The molecular formula is C36H42ClN3O7. The number of rotatable bonds is 15. The van der Waals surface area contributed by atoms with Gasteiger partial charge >= 0.3 is 5.97 Å². The van der Waals surface area contributed by atoms with Crippen LogP contribution in [0.4, 0.5) is 5.69 Å². The van der Waals surface area contributed by atoms with E-state index in [0.29, 0.717) is 36.4 Å². The molecule has 2 bridgehead atoms. The van der Waals surface area contributed by atoms with Crippen molar-refractivity contribution in [3.8, 4) is 0 Å². The molecule has 0 aromatic heterocycles. The number of para-hydroxylation sites is 1. The Morgan fingerprint density at radius 2 is 1.89 bits per heavy atom. The van der Waals surface area contributed by atoms with E-state index in [1.807, 2.05) is 37.3 Å². The molecule has 5 rings (SSSR count). The van der Waals surface area contributed by atoms with Crippen LogP contribution in [0.15, 0.2) is 79.9 Å². The van der Waals surface area contributed by atoms with Crippen molar-refractivity contribution in [2.75, 3.05) is 24.7 Å². The fourth-order valence-corrected chi connectivity index (χ4v) is 7.61. The van der Waals surface area contributed by atoms with Crippen molar-refractivity contribution in [3.63, 3.8) is 0 Å². The monoisotopic (exact) mass is 663 g/mol. The van der Waals surface area contributed by atoms with Crippen molar-refractivity contribution in [2.45, 2.75) is 68.9 Å². The van der Waals surface area contributed by atoms with Crippen LogP contribution in [0.3, 0.4) is 0 Å². The number of ether oxygens (including phenoxy) is 2. The molecule has 2 aromatic rings. The Hall–Kier alpha value is -3.99. The highest BCUT2D eigenvalue weighted by molar-refractivity contribution is 6.34. The lowest BCUT2D eigenvalue weighted by atomic mass is 9.70. The first kappa shape index (κ1) is 34.3. The quantitative estimate of drug-likeness (QED) is 0.214. The number of hydrogen-bond acceptors (Lipinski definition) is 7. The zero-order valence-corrected chi connectivity index (χ0v) is 27.3. The summed E-state index contributed by atoms with van der Waals surface area (Å²) in [5.74, 6) is -3.53. The van der Waals surface area contributed by atoms with Gasteiger partial charge in [-0.15, -0.1) is 13.2 Å². The number of esters is 1. The van der Waals surface area contributed by atoms with Crippen LogP contribution in [0.2, 0.25) is 5.02 Å². The first-order chi connectivity index (χ1) is 22.7. The average molecular weight is 664 g/mol. The van der Waals surface area contributed by atoms with Crippen molar-refractivity contribution in [1.29, 1.82) is 0 Å². The van der Waals surface area contributed by atoms with Crippen molar-refractivity contribution < 1.29 is 33.8 Å². The molecule has 3 heterocycles. The highest BCUT2D eigenvalue weighted by atomic mass is 35.5. The van der Waals surface area contributed by atoms with Gasteiger partial charge in [0, 0.05) is 13.0 Å². The van der Waals surface area contributed by atoms with Crippen LogP contribution in [-0.4, -0.2) is 77.2 Å². The third kappa shape index (κ3) is 6.46. The summed E-state index contributed by atoms with van der Waals surface area (Å²) in [5.41, 5.74) is -0.1000. The molecule has 0 unspecified atom stereocenters. The Kier molecular flexibility index (Phi) is 10.8. The van der Waals surface area contributed by atoms with Crippen LogP contribution in [0.25, 0.3) is 0 Å². The Balaban J connectivity index is 1.48. The standard InChI is InChI=1S/C36H42ClN3O7/c1-4-7-17-29(42)46-22-26(23-13-9-8-10-14-23)38-33(43)30-28-18-19-36(47-28)31(30)34(44)40(24(6-3)21-41)32(36)35(45)39(20-5-2)27-16-12-11-15-25(27)37/h4-5,8-16,24,26,28,30-32,41H,1-2,6-7,17-22H2,3H3,(H,38,43)/t24-,26-,28-,30+,31+,32-,36+/m0/s1. The molecule has 3 amide bonds. The molecule has 10 nitrogen and oxygen atoms in total. The number of likely N-dealkylation sites (tertiary alicyclic amines) is 1. The van der Waals surface area contributed by atoms with E-state index in [9.17, 15) is 24.3 Å². The molecule has 1 spiro atoms. The van der Waals surface area contributed by atoms with Crippen LogP contribution >= 0.6 is 11.6 Å². The Morgan fingerprint density at radius 1 is 1.17 bits per heavy atom. The van der Waals surface area contributed by atoms with E-state index in [1.165, 1.54) is 9.80 Å². The SMILES string of the molecule is C=CCCC(=O)OC[C@H](NC(=O)[C@@H]1[C@@H]2CC[C@]3(O2)[C@H](C(=O)N(CC=C)c2ccccc2Cl)N([C@@H](CC)CO)C(=O)[C@@H]13)c1ccccc1. The molecule has 2 N–H and O–H groups in total. The van der Waals surface area contributed by atoms with E-state index >= 15 is 0 Å². The van der Waals surface area contributed by atoms with Crippen molar-refractivity contribution >= 4 is 41.0 Å². The number of carbonyl (C=O) groups excluding carboxylic acids is 4. The number of hydrogen-bond donors (Lipinski definition) is 2. The van der Waals surface area contributed by atoms with Gasteiger partial charge in [0.25, 0.3) is 5.91 Å². The highest BCUT2D eigenvalue weighted by Gasteiger charge is 2.75. The number of aliphatic hydroxyl groups excluding tert-OH is 1. The van der Waals surface area contributed by atoms with Crippen LogP contribution in [0.5, 0.6) is 0 Å². The average Bonchev–Trinajstić information content (AvgIpc) is 3.73. The molecular weight excluding hydrogens is 622 g/mol. The highest BCUT2D eigenvalue weighted by Crippen LogP contribution is 2.59. The number of nitrogens with one attached hydrogen (secondary N) is 1. The third-order valence-corrected chi connectivity index (χ3v) is 9.87.